The molecule has 0 N–H and O–H groups in total. The van der Waals surface area contributed by atoms with E-state index in [1.807, 2.05) is 93.6 Å². The van der Waals surface area contributed by atoms with Gasteiger partial charge in [0.2, 0.25) is 13.6 Å². The van der Waals surface area contributed by atoms with E-state index in [4.69, 9.17) is 23.7 Å². The van der Waals surface area contributed by atoms with Crippen molar-refractivity contribution >= 4 is 18.0 Å². The fourth-order valence-electron chi connectivity index (χ4n) is 4.29. The molecule has 1 atom stereocenters. The van der Waals surface area contributed by atoms with Gasteiger partial charge in [-0.05, 0) is 84.3 Å². The Labute approximate surface area is 243 Å². The first kappa shape index (κ1) is 31.3. The zero-order chi connectivity index (χ0) is 29.8. The molecule has 0 radical (unpaired) electrons. The quantitative estimate of drug-likeness (QED) is 0.114. The van der Waals surface area contributed by atoms with Gasteiger partial charge in [-0.25, -0.2) is 4.79 Å². The van der Waals surface area contributed by atoms with Crippen LogP contribution in [0.4, 0.5) is 0 Å². The predicted molar refractivity (Wildman–Crippen MR) is 159 cm³/mol. The molecule has 0 aliphatic heterocycles. The van der Waals surface area contributed by atoms with Crippen molar-refractivity contribution in [1.29, 1.82) is 0 Å². The highest BCUT2D eigenvalue weighted by Gasteiger charge is 2.38. The predicted octanol–water partition coefficient (Wildman–Crippen LogP) is 7.54. The van der Waals surface area contributed by atoms with Crippen molar-refractivity contribution in [3.63, 3.8) is 0 Å². The summed E-state index contributed by atoms with van der Waals surface area (Å²) in [4.78, 5) is 24.7. The third-order valence-electron chi connectivity index (χ3n) is 6.98. The normalized spacial score (nSPS) is 12.7. The zero-order valence-corrected chi connectivity index (χ0v) is 24.7. The summed E-state index contributed by atoms with van der Waals surface area (Å²) in [5, 5.41) is 0. The highest BCUT2D eigenvalue weighted by molar-refractivity contribution is 5.87. The van der Waals surface area contributed by atoms with Gasteiger partial charge in [-0.1, -0.05) is 64.1 Å². The standard InChI is InChI=1S/C34H40O7/c1-24(2)21-34(5,25(3)4)33(36)41-23-39-31-18-12-28(13-19-31)27-10-16-30(17-11-27)38-22-40-32(35)20-9-26-7-14-29(37-6)15-8-26/h7-20,24-25H,21-23H2,1-6H3/b20-9+. The highest BCUT2D eigenvalue weighted by Crippen LogP contribution is 2.35. The van der Waals surface area contributed by atoms with Crippen molar-refractivity contribution in [2.75, 3.05) is 20.7 Å². The van der Waals surface area contributed by atoms with Crippen molar-refractivity contribution in [3.05, 3.63) is 84.4 Å². The Bertz CT molecular complexity index is 1280. The lowest BCUT2D eigenvalue weighted by Gasteiger charge is -2.32. The van der Waals surface area contributed by atoms with Gasteiger partial charge in [0.25, 0.3) is 0 Å². The fraction of sp³-hybridized carbons (Fsp3) is 0.353. The zero-order valence-electron chi connectivity index (χ0n) is 24.7. The van der Waals surface area contributed by atoms with Crippen molar-refractivity contribution < 1.29 is 33.3 Å². The molecular weight excluding hydrogens is 520 g/mol. The van der Waals surface area contributed by atoms with E-state index in [1.54, 1.807) is 13.2 Å². The fourth-order valence-corrected chi connectivity index (χ4v) is 4.29. The Morgan fingerprint density at radius 2 is 1.22 bits per heavy atom. The van der Waals surface area contributed by atoms with E-state index < -0.39 is 11.4 Å². The van der Waals surface area contributed by atoms with Gasteiger partial charge in [-0.2, -0.15) is 0 Å². The molecule has 7 nitrogen and oxygen atoms in total. The second-order valence-corrected chi connectivity index (χ2v) is 10.7. The van der Waals surface area contributed by atoms with Gasteiger partial charge in [-0.15, -0.1) is 0 Å². The average molecular weight is 561 g/mol. The maximum Gasteiger partial charge on any atom is 0.333 e. The average Bonchev–Trinajstić information content (AvgIpc) is 2.96. The summed E-state index contributed by atoms with van der Waals surface area (Å²) in [7, 11) is 1.60. The van der Waals surface area contributed by atoms with Gasteiger partial charge in [0.15, 0.2) is 0 Å². The van der Waals surface area contributed by atoms with Gasteiger partial charge in [0.05, 0.1) is 12.5 Å². The molecule has 0 bridgehead atoms. The lowest BCUT2D eigenvalue weighted by atomic mass is 9.73. The molecular formula is C34H40O7. The number of carbonyl (C=O) groups is 2. The molecule has 7 heteroatoms. The number of hydrogen-bond donors (Lipinski definition) is 0. The van der Waals surface area contributed by atoms with Crippen molar-refractivity contribution in [2.45, 2.75) is 41.0 Å². The van der Waals surface area contributed by atoms with E-state index in [-0.39, 0.29) is 25.5 Å². The molecule has 1 unspecified atom stereocenters. The molecule has 0 amide bonds. The minimum absolute atomic E-state index is 0.132. The number of benzene rings is 3. The van der Waals surface area contributed by atoms with Gasteiger partial charge in [-0.3, -0.25) is 4.79 Å². The Morgan fingerprint density at radius 1 is 0.732 bits per heavy atom. The lowest BCUT2D eigenvalue weighted by Crippen LogP contribution is -2.37. The van der Waals surface area contributed by atoms with Gasteiger partial charge in [0, 0.05) is 6.08 Å². The first-order valence-electron chi connectivity index (χ1n) is 13.7. The van der Waals surface area contributed by atoms with Crippen LogP contribution in [0.25, 0.3) is 17.2 Å². The molecule has 0 saturated heterocycles. The molecule has 0 aliphatic rings. The van der Waals surface area contributed by atoms with E-state index in [0.29, 0.717) is 17.4 Å². The third-order valence-corrected chi connectivity index (χ3v) is 6.98. The first-order chi connectivity index (χ1) is 19.6. The molecule has 0 spiro atoms. The Kier molecular flexibility index (Phi) is 11.4. The molecule has 0 saturated carbocycles. The first-order valence-corrected chi connectivity index (χ1v) is 13.7. The van der Waals surface area contributed by atoms with Crippen molar-refractivity contribution in [2.24, 2.45) is 17.3 Å². The summed E-state index contributed by atoms with van der Waals surface area (Å²) in [5.41, 5.74) is 2.28. The molecule has 0 fully saturated rings. The van der Waals surface area contributed by atoms with Crippen LogP contribution in [0.3, 0.4) is 0 Å². The topological polar surface area (TPSA) is 80.3 Å². The number of methoxy groups -OCH3 is 1. The second kappa shape index (κ2) is 14.9. The maximum atomic E-state index is 12.8. The minimum atomic E-state index is -0.548. The van der Waals surface area contributed by atoms with Gasteiger partial charge >= 0.3 is 11.9 Å². The van der Waals surface area contributed by atoms with Crippen LogP contribution in [0.1, 0.15) is 46.6 Å². The largest absolute Gasteiger partial charge is 0.497 e. The summed E-state index contributed by atoms with van der Waals surface area (Å²) in [6.07, 6.45) is 3.77. The molecule has 3 aromatic rings. The van der Waals surface area contributed by atoms with E-state index in [1.165, 1.54) is 6.08 Å². The number of esters is 2. The smallest absolute Gasteiger partial charge is 0.333 e. The number of hydrogen-bond acceptors (Lipinski definition) is 7. The van der Waals surface area contributed by atoms with Gasteiger partial charge < -0.3 is 23.7 Å². The summed E-state index contributed by atoms with van der Waals surface area (Å²) < 4.78 is 26.9. The van der Waals surface area contributed by atoms with Crippen molar-refractivity contribution in [3.8, 4) is 28.4 Å². The number of rotatable bonds is 14. The van der Waals surface area contributed by atoms with Crippen LogP contribution in [0, 0.1) is 17.3 Å². The Hall–Kier alpha value is -4.26. The Morgan fingerprint density at radius 3 is 1.68 bits per heavy atom. The molecule has 3 aromatic carbocycles. The van der Waals surface area contributed by atoms with Crippen LogP contribution in [0.5, 0.6) is 17.2 Å². The Balaban J connectivity index is 1.43. The molecule has 218 valence electrons. The van der Waals surface area contributed by atoms with Crippen LogP contribution in [-0.2, 0) is 19.1 Å². The summed E-state index contributed by atoms with van der Waals surface area (Å²) >= 11 is 0. The summed E-state index contributed by atoms with van der Waals surface area (Å²) in [6, 6.07) is 22.3. The van der Waals surface area contributed by atoms with E-state index in [0.717, 1.165) is 28.9 Å². The summed E-state index contributed by atoms with van der Waals surface area (Å²) in [6.45, 7) is 9.92. The lowest BCUT2D eigenvalue weighted by molar-refractivity contribution is -0.165. The van der Waals surface area contributed by atoms with Crippen LogP contribution in [0.15, 0.2) is 78.9 Å². The van der Waals surface area contributed by atoms with Gasteiger partial charge in [0.1, 0.15) is 17.2 Å². The highest BCUT2D eigenvalue weighted by atomic mass is 16.7. The third kappa shape index (κ3) is 9.41. The van der Waals surface area contributed by atoms with Crippen molar-refractivity contribution in [1.82, 2.24) is 0 Å². The number of carbonyl (C=O) groups excluding carboxylic acids is 2. The maximum absolute atomic E-state index is 12.8. The van der Waals surface area contributed by atoms with E-state index in [9.17, 15) is 9.59 Å². The molecule has 41 heavy (non-hydrogen) atoms. The van der Waals surface area contributed by atoms with Crippen LogP contribution in [-0.4, -0.2) is 32.6 Å². The monoisotopic (exact) mass is 560 g/mol. The molecule has 3 rings (SSSR count). The minimum Gasteiger partial charge on any atom is -0.497 e. The van der Waals surface area contributed by atoms with E-state index in [2.05, 4.69) is 13.8 Å². The second-order valence-electron chi connectivity index (χ2n) is 10.7. The molecule has 0 aliphatic carbocycles. The van der Waals surface area contributed by atoms with Crippen LogP contribution in [0.2, 0.25) is 0 Å². The molecule has 0 aromatic heterocycles. The van der Waals surface area contributed by atoms with E-state index >= 15 is 0 Å². The summed E-state index contributed by atoms with van der Waals surface area (Å²) in [5.74, 6) is 1.75. The number of ether oxygens (including phenoxy) is 5. The van der Waals surface area contributed by atoms with Crippen LogP contribution < -0.4 is 14.2 Å². The molecule has 0 heterocycles. The SMILES string of the molecule is COc1ccc(/C=C/C(=O)OCOc2ccc(-c3ccc(OCOC(=O)C(C)(CC(C)C)C(C)C)cc3)cc2)cc1. The van der Waals surface area contributed by atoms with Crippen LogP contribution >= 0.6 is 0 Å².